The molecule has 4 heteroatoms. The molecule has 0 unspecified atom stereocenters. The summed E-state index contributed by atoms with van der Waals surface area (Å²) in [6, 6.07) is 24.0. The molecule has 0 radical (unpaired) electrons. The first-order valence-electron chi connectivity index (χ1n) is 8.81. The molecule has 0 spiro atoms. The van der Waals surface area contributed by atoms with E-state index in [-0.39, 0.29) is 11.7 Å². The van der Waals surface area contributed by atoms with Gasteiger partial charge in [0.1, 0.15) is 5.75 Å². The largest absolute Gasteiger partial charge is 0.493 e. The van der Waals surface area contributed by atoms with Crippen molar-refractivity contribution in [2.45, 2.75) is 13.3 Å². The summed E-state index contributed by atoms with van der Waals surface area (Å²) in [5.74, 6) is 0.429. The van der Waals surface area contributed by atoms with Crippen LogP contribution in [0.3, 0.4) is 0 Å². The number of Topliss-reactive ketones (excluding diaryl/α,β-unsaturated/α-hetero) is 1. The van der Waals surface area contributed by atoms with Gasteiger partial charge in [-0.25, -0.2) is 0 Å². The normalized spacial score (nSPS) is 10.3. The molecule has 0 fully saturated rings. The molecule has 0 aliphatic rings. The van der Waals surface area contributed by atoms with Crippen LogP contribution in [0.25, 0.3) is 0 Å². The van der Waals surface area contributed by atoms with Gasteiger partial charge in [-0.15, -0.1) is 0 Å². The van der Waals surface area contributed by atoms with Crippen LogP contribution in [0.2, 0.25) is 0 Å². The Bertz CT molecular complexity index is 918. The Labute approximate surface area is 158 Å². The minimum Gasteiger partial charge on any atom is -0.493 e. The van der Waals surface area contributed by atoms with Crippen LogP contribution in [0.15, 0.2) is 78.9 Å². The van der Waals surface area contributed by atoms with Gasteiger partial charge in [0.15, 0.2) is 5.78 Å². The zero-order valence-corrected chi connectivity index (χ0v) is 15.1. The number of carbonyl (C=O) groups excluding carboxylic acids is 2. The third-order valence-corrected chi connectivity index (χ3v) is 4.15. The lowest BCUT2D eigenvalue weighted by Gasteiger charge is -2.09. The first-order chi connectivity index (χ1) is 13.1. The van der Waals surface area contributed by atoms with E-state index in [4.69, 9.17) is 4.74 Å². The molecule has 3 rings (SSSR count). The third-order valence-electron chi connectivity index (χ3n) is 4.15. The van der Waals surface area contributed by atoms with Crippen molar-refractivity contribution in [2.75, 3.05) is 11.9 Å². The molecule has 3 aromatic rings. The Morgan fingerprint density at radius 2 is 1.59 bits per heavy atom. The van der Waals surface area contributed by atoms with Crippen LogP contribution in [-0.4, -0.2) is 18.3 Å². The minimum absolute atomic E-state index is 0.00627. The zero-order valence-electron chi connectivity index (χ0n) is 15.1. The fourth-order valence-electron chi connectivity index (χ4n) is 2.65. The van der Waals surface area contributed by atoms with E-state index < -0.39 is 0 Å². The number of ether oxygens (including phenoxy) is 1. The SMILES string of the molecule is CC(=O)c1ccc(NC(=O)c2cccc(OCCc3ccccc3)c2)cc1. The monoisotopic (exact) mass is 359 g/mol. The van der Waals surface area contributed by atoms with E-state index in [1.807, 2.05) is 24.3 Å². The molecule has 0 aliphatic carbocycles. The van der Waals surface area contributed by atoms with Crippen molar-refractivity contribution < 1.29 is 14.3 Å². The van der Waals surface area contributed by atoms with Crippen molar-refractivity contribution in [3.05, 3.63) is 95.6 Å². The number of anilines is 1. The highest BCUT2D eigenvalue weighted by atomic mass is 16.5. The summed E-state index contributed by atoms with van der Waals surface area (Å²) in [6.45, 7) is 2.05. The van der Waals surface area contributed by atoms with Crippen molar-refractivity contribution in [3.63, 3.8) is 0 Å². The van der Waals surface area contributed by atoms with E-state index in [0.29, 0.717) is 29.2 Å². The van der Waals surface area contributed by atoms with Gasteiger partial charge in [-0.2, -0.15) is 0 Å². The van der Waals surface area contributed by atoms with Gasteiger partial charge in [-0.3, -0.25) is 9.59 Å². The van der Waals surface area contributed by atoms with E-state index in [0.717, 1.165) is 6.42 Å². The van der Waals surface area contributed by atoms with E-state index in [9.17, 15) is 9.59 Å². The Kier molecular flexibility index (Phi) is 6.00. The second-order valence-electron chi connectivity index (χ2n) is 6.20. The van der Waals surface area contributed by atoms with Crippen LogP contribution in [0.1, 0.15) is 33.2 Å². The molecule has 0 atom stereocenters. The predicted octanol–water partition coefficient (Wildman–Crippen LogP) is 4.76. The van der Waals surface area contributed by atoms with Crippen molar-refractivity contribution >= 4 is 17.4 Å². The van der Waals surface area contributed by atoms with E-state index >= 15 is 0 Å². The van der Waals surface area contributed by atoms with Gasteiger partial charge in [-0.1, -0.05) is 36.4 Å². The maximum absolute atomic E-state index is 12.4. The highest BCUT2D eigenvalue weighted by Gasteiger charge is 2.08. The number of hydrogen-bond donors (Lipinski definition) is 1. The van der Waals surface area contributed by atoms with Crippen LogP contribution in [0.5, 0.6) is 5.75 Å². The number of rotatable bonds is 7. The van der Waals surface area contributed by atoms with Crippen molar-refractivity contribution in [1.29, 1.82) is 0 Å². The molecule has 1 amide bonds. The lowest BCUT2D eigenvalue weighted by molar-refractivity contribution is 0.101. The molecule has 0 aromatic heterocycles. The van der Waals surface area contributed by atoms with Gasteiger partial charge < -0.3 is 10.1 Å². The molecule has 0 bridgehead atoms. The Balaban J connectivity index is 1.58. The molecule has 0 aliphatic heterocycles. The van der Waals surface area contributed by atoms with Gasteiger partial charge in [0.2, 0.25) is 0 Å². The molecule has 4 nitrogen and oxygen atoms in total. The molecular weight excluding hydrogens is 338 g/mol. The van der Waals surface area contributed by atoms with Gasteiger partial charge in [0.05, 0.1) is 6.61 Å². The van der Waals surface area contributed by atoms with E-state index in [2.05, 4.69) is 17.4 Å². The molecule has 27 heavy (non-hydrogen) atoms. The standard InChI is InChI=1S/C23H21NO3/c1-17(25)19-10-12-21(13-11-19)24-23(26)20-8-5-9-22(16-20)27-15-14-18-6-3-2-4-7-18/h2-13,16H,14-15H2,1H3,(H,24,26). The summed E-state index contributed by atoms with van der Waals surface area (Å²) in [4.78, 5) is 23.8. The topological polar surface area (TPSA) is 55.4 Å². The highest BCUT2D eigenvalue weighted by molar-refractivity contribution is 6.04. The van der Waals surface area contributed by atoms with Crippen molar-refractivity contribution in [1.82, 2.24) is 0 Å². The smallest absolute Gasteiger partial charge is 0.255 e. The number of amides is 1. The van der Waals surface area contributed by atoms with Crippen molar-refractivity contribution in [2.24, 2.45) is 0 Å². The maximum Gasteiger partial charge on any atom is 0.255 e. The Morgan fingerprint density at radius 3 is 2.30 bits per heavy atom. The first kappa shape index (κ1) is 18.4. The number of ketones is 1. The summed E-state index contributed by atoms with van der Waals surface area (Å²) >= 11 is 0. The highest BCUT2D eigenvalue weighted by Crippen LogP contribution is 2.16. The number of carbonyl (C=O) groups is 2. The first-order valence-corrected chi connectivity index (χ1v) is 8.81. The van der Waals surface area contributed by atoms with Gasteiger partial charge >= 0.3 is 0 Å². The van der Waals surface area contributed by atoms with Crippen LogP contribution in [-0.2, 0) is 6.42 Å². The summed E-state index contributed by atoms with van der Waals surface area (Å²) in [5.41, 5.74) is 2.98. The number of benzene rings is 3. The van der Waals surface area contributed by atoms with Gasteiger partial charge in [-0.05, 0) is 55.0 Å². The summed E-state index contributed by atoms with van der Waals surface area (Å²) in [7, 11) is 0. The molecule has 136 valence electrons. The average Bonchev–Trinajstić information content (AvgIpc) is 2.69. The zero-order chi connectivity index (χ0) is 19.1. The second kappa shape index (κ2) is 8.81. The fourth-order valence-corrected chi connectivity index (χ4v) is 2.65. The fraction of sp³-hybridized carbons (Fsp3) is 0.130. The Hall–Kier alpha value is -3.40. The lowest BCUT2D eigenvalue weighted by Crippen LogP contribution is -2.12. The molecule has 1 N–H and O–H groups in total. The third kappa shape index (κ3) is 5.28. The summed E-state index contributed by atoms with van der Waals surface area (Å²) in [5, 5.41) is 2.83. The Morgan fingerprint density at radius 1 is 0.852 bits per heavy atom. The summed E-state index contributed by atoms with van der Waals surface area (Å²) < 4.78 is 5.78. The van der Waals surface area contributed by atoms with Crippen LogP contribution < -0.4 is 10.1 Å². The van der Waals surface area contributed by atoms with Crippen LogP contribution in [0.4, 0.5) is 5.69 Å². The maximum atomic E-state index is 12.4. The quantitative estimate of drug-likeness (QED) is 0.619. The van der Waals surface area contributed by atoms with Crippen molar-refractivity contribution in [3.8, 4) is 5.75 Å². The molecular formula is C23H21NO3. The number of hydrogen-bond acceptors (Lipinski definition) is 3. The lowest BCUT2D eigenvalue weighted by atomic mass is 10.1. The molecule has 3 aromatic carbocycles. The van der Waals surface area contributed by atoms with Crippen LogP contribution >= 0.6 is 0 Å². The minimum atomic E-state index is -0.223. The van der Waals surface area contributed by atoms with E-state index in [1.165, 1.54) is 12.5 Å². The molecule has 0 heterocycles. The van der Waals surface area contributed by atoms with Gasteiger partial charge in [0, 0.05) is 23.2 Å². The molecule has 0 saturated heterocycles. The van der Waals surface area contributed by atoms with E-state index in [1.54, 1.807) is 42.5 Å². The predicted molar refractivity (Wildman–Crippen MR) is 106 cm³/mol. The average molecular weight is 359 g/mol. The van der Waals surface area contributed by atoms with Gasteiger partial charge in [0.25, 0.3) is 5.91 Å². The summed E-state index contributed by atoms with van der Waals surface area (Å²) in [6.07, 6.45) is 0.805. The number of nitrogens with one attached hydrogen (secondary N) is 1. The van der Waals surface area contributed by atoms with Crippen LogP contribution in [0, 0.1) is 0 Å². The second-order valence-corrected chi connectivity index (χ2v) is 6.20. The molecule has 0 saturated carbocycles.